The summed E-state index contributed by atoms with van der Waals surface area (Å²) in [6.45, 7) is 2.00. The molecule has 2 aliphatic rings. The van der Waals surface area contributed by atoms with Crippen molar-refractivity contribution in [2.45, 2.75) is 18.9 Å². The lowest BCUT2D eigenvalue weighted by Gasteiger charge is -2.43. The summed E-state index contributed by atoms with van der Waals surface area (Å²) < 4.78 is 1.90. The van der Waals surface area contributed by atoms with Crippen molar-refractivity contribution in [3.8, 4) is 11.1 Å². The van der Waals surface area contributed by atoms with E-state index in [2.05, 4.69) is 9.97 Å². The molecule has 0 aliphatic carbocycles. The van der Waals surface area contributed by atoms with E-state index in [-0.39, 0.29) is 17.4 Å². The highest BCUT2D eigenvalue weighted by Gasteiger charge is 2.38. The lowest BCUT2D eigenvalue weighted by atomic mass is 9.80. The predicted octanol–water partition coefficient (Wildman–Crippen LogP) is 2.63. The van der Waals surface area contributed by atoms with Gasteiger partial charge in [-0.25, -0.2) is 9.97 Å². The maximum absolute atomic E-state index is 12.9. The molecule has 2 unspecified atom stereocenters. The topological polar surface area (TPSA) is 68.1 Å². The van der Waals surface area contributed by atoms with Crippen LogP contribution in [-0.4, -0.2) is 38.4 Å². The number of hydrogen-bond donors (Lipinski definition) is 0. The largest absolute Gasteiger partial charge is 0.337 e. The Bertz CT molecular complexity index is 1050. The smallest absolute Gasteiger partial charge is 0.263 e. The first kappa shape index (κ1) is 16.4. The van der Waals surface area contributed by atoms with Crippen molar-refractivity contribution in [3.63, 3.8) is 0 Å². The fourth-order valence-electron chi connectivity index (χ4n) is 4.42. The number of fused-ring (bicyclic) bond motifs is 4. The average molecular weight is 378 g/mol. The van der Waals surface area contributed by atoms with Crippen molar-refractivity contribution < 1.29 is 4.79 Å². The third-order valence-electron chi connectivity index (χ3n) is 5.48. The lowest BCUT2D eigenvalue weighted by Crippen LogP contribution is -2.49. The zero-order chi connectivity index (χ0) is 18.4. The minimum Gasteiger partial charge on any atom is -0.337 e. The number of amides is 1. The minimum atomic E-state index is 0.0262. The van der Waals surface area contributed by atoms with Crippen LogP contribution in [0.2, 0.25) is 0 Å². The quantitative estimate of drug-likeness (QED) is 0.687. The normalized spacial score (nSPS) is 21.0. The van der Waals surface area contributed by atoms with E-state index in [1.54, 1.807) is 18.5 Å². The number of aromatic nitrogens is 3. The zero-order valence-electron chi connectivity index (χ0n) is 14.6. The van der Waals surface area contributed by atoms with Crippen LogP contribution in [0, 0.1) is 5.92 Å². The number of carbonyl (C=O) groups excluding carboxylic acids is 1. The van der Waals surface area contributed by atoms with Crippen LogP contribution in [0.25, 0.3) is 11.1 Å². The molecular weight excluding hydrogens is 360 g/mol. The second kappa shape index (κ2) is 6.42. The minimum absolute atomic E-state index is 0.0262. The molecule has 7 heteroatoms. The number of rotatable bonds is 2. The molecule has 0 aromatic carbocycles. The molecule has 3 aromatic heterocycles. The molecule has 2 bridgehead atoms. The first-order chi connectivity index (χ1) is 13.2. The van der Waals surface area contributed by atoms with Gasteiger partial charge in [0, 0.05) is 60.8 Å². The van der Waals surface area contributed by atoms with Gasteiger partial charge in [0.25, 0.3) is 11.5 Å². The van der Waals surface area contributed by atoms with Crippen molar-refractivity contribution in [3.05, 3.63) is 69.3 Å². The molecule has 0 saturated carbocycles. The fourth-order valence-corrected chi connectivity index (χ4v) is 5.11. The van der Waals surface area contributed by atoms with Gasteiger partial charge in [-0.1, -0.05) is 6.07 Å². The molecule has 1 amide bonds. The highest BCUT2D eigenvalue weighted by atomic mass is 32.1. The van der Waals surface area contributed by atoms with E-state index < -0.39 is 0 Å². The predicted molar refractivity (Wildman–Crippen MR) is 103 cm³/mol. The number of carbonyl (C=O) groups is 1. The fraction of sp³-hybridized carbons (Fsp3) is 0.300. The van der Waals surface area contributed by atoms with Crippen molar-refractivity contribution in [2.24, 2.45) is 5.92 Å². The number of likely N-dealkylation sites (tertiary alicyclic amines) is 1. The summed E-state index contributed by atoms with van der Waals surface area (Å²) in [5, 5.41) is 1.93. The lowest BCUT2D eigenvalue weighted by molar-refractivity contribution is 0.0600. The van der Waals surface area contributed by atoms with Crippen LogP contribution in [-0.2, 0) is 6.54 Å². The van der Waals surface area contributed by atoms with Gasteiger partial charge in [0.05, 0.1) is 4.88 Å². The Balaban J connectivity index is 1.57. The summed E-state index contributed by atoms with van der Waals surface area (Å²) in [5.41, 5.74) is 2.93. The molecule has 0 spiro atoms. The van der Waals surface area contributed by atoms with Gasteiger partial charge in [0.2, 0.25) is 0 Å². The Morgan fingerprint density at radius 2 is 1.96 bits per heavy atom. The monoisotopic (exact) mass is 378 g/mol. The zero-order valence-corrected chi connectivity index (χ0v) is 15.4. The van der Waals surface area contributed by atoms with Crippen molar-refractivity contribution >= 4 is 17.2 Å². The molecule has 0 radical (unpaired) electrons. The van der Waals surface area contributed by atoms with E-state index in [4.69, 9.17) is 0 Å². The van der Waals surface area contributed by atoms with Gasteiger partial charge in [-0.05, 0) is 29.9 Å². The van der Waals surface area contributed by atoms with Crippen LogP contribution in [0.15, 0.2) is 53.2 Å². The molecular formula is C20H18N4O2S. The molecule has 2 atom stereocenters. The van der Waals surface area contributed by atoms with Crippen LogP contribution in [0.3, 0.4) is 0 Å². The van der Waals surface area contributed by atoms with E-state index in [9.17, 15) is 9.59 Å². The van der Waals surface area contributed by atoms with Gasteiger partial charge in [0.15, 0.2) is 0 Å². The molecule has 6 nitrogen and oxygen atoms in total. The van der Waals surface area contributed by atoms with Gasteiger partial charge in [-0.3, -0.25) is 9.59 Å². The van der Waals surface area contributed by atoms with E-state index >= 15 is 0 Å². The van der Waals surface area contributed by atoms with Crippen LogP contribution in [0.5, 0.6) is 0 Å². The number of piperidine rings is 1. The van der Waals surface area contributed by atoms with Crippen molar-refractivity contribution in [2.75, 3.05) is 13.1 Å². The maximum atomic E-state index is 12.9. The number of thiophene rings is 1. The summed E-state index contributed by atoms with van der Waals surface area (Å²) >= 11 is 1.48. The Kier molecular flexibility index (Phi) is 3.89. The molecule has 0 N–H and O–H groups in total. The number of nitrogens with zero attached hydrogens (tertiary/aromatic N) is 4. The van der Waals surface area contributed by atoms with E-state index in [1.807, 2.05) is 33.0 Å². The Morgan fingerprint density at radius 1 is 1.11 bits per heavy atom. The average Bonchev–Trinajstić information content (AvgIpc) is 3.23. The molecule has 27 heavy (non-hydrogen) atoms. The number of pyridine rings is 1. The summed E-state index contributed by atoms with van der Waals surface area (Å²) in [4.78, 5) is 36.4. The van der Waals surface area contributed by atoms with Crippen molar-refractivity contribution in [1.82, 2.24) is 19.4 Å². The second-order valence-electron chi connectivity index (χ2n) is 7.19. The van der Waals surface area contributed by atoms with E-state index in [0.29, 0.717) is 25.6 Å². The Morgan fingerprint density at radius 3 is 2.74 bits per heavy atom. The van der Waals surface area contributed by atoms with Crippen LogP contribution < -0.4 is 5.56 Å². The van der Waals surface area contributed by atoms with Gasteiger partial charge in [-0.15, -0.1) is 11.3 Å². The highest BCUT2D eigenvalue weighted by Crippen LogP contribution is 2.40. The van der Waals surface area contributed by atoms with Crippen LogP contribution in [0.1, 0.15) is 27.7 Å². The Hall–Kier alpha value is -2.80. The van der Waals surface area contributed by atoms with Crippen molar-refractivity contribution in [1.29, 1.82) is 0 Å². The standard InChI is InChI=1S/C20H18N4O2S/c25-18-4-3-16(15-7-21-12-22-8-15)19-14-6-13(10-24(18)19)9-23(11-14)20(26)17-2-1-5-27-17/h1-5,7-8,12-14H,6,9-11H2. The summed E-state index contributed by atoms with van der Waals surface area (Å²) in [5.74, 6) is 0.543. The first-order valence-electron chi connectivity index (χ1n) is 9.02. The molecule has 5 rings (SSSR count). The molecule has 3 aromatic rings. The highest BCUT2D eigenvalue weighted by molar-refractivity contribution is 7.12. The van der Waals surface area contributed by atoms with E-state index in [1.165, 1.54) is 17.7 Å². The van der Waals surface area contributed by atoms with Gasteiger partial charge < -0.3 is 9.47 Å². The second-order valence-corrected chi connectivity index (χ2v) is 8.14. The van der Waals surface area contributed by atoms with Crippen LogP contribution in [0.4, 0.5) is 0 Å². The molecule has 2 aliphatic heterocycles. The SMILES string of the molecule is O=C(c1cccs1)N1CC2CC(C1)c1c(-c3cncnc3)ccc(=O)n1C2. The summed E-state index contributed by atoms with van der Waals surface area (Å²) in [6, 6.07) is 7.28. The van der Waals surface area contributed by atoms with E-state index in [0.717, 1.165) is 28.1 Å². The third-order valence-corrected chi connectivity index (χ3v) is 6.34. The third kappa shape index (κ3) is 2.78. The summed E-state index contributed by atoms with van der Waals surface area (Å²) in [6.07, 6.45) is 6.05. The number of hydrogen-bond acceptors (Lipinski definition) is 5. The van der Waals surface area contributed by atoms with Crippen LogP contribution >= 0.6 is 11.3 Å². The molecule has 1 saturated heterocycles. The summed E-state index contributed by atoms with van der Waals surface area (Å²) in [7, 11) is 0. The molecule has 5 heterocycles. The van der Waals surface area contributed by atoms with Gasteiger partial charge in [0.1, 0.15) is 6.33 Å². The van der Waals surface area contributed by atoms with Gasteiger partial charge >= 0.3 is 0 Å². The Labute approximate surface area is 160 Å². The molecule has 1 fully saturated rings. The maximum Gasteiger partial charge on any atom is 0.263 e. The molecule has 136 valence electrons. The first-order valence-corrected chi connectivity index (χ1v) is 9.90. The van der Waals surface area contributed by atoms with Gasteiger partial charge in [-0.2, -0.15) is 0 Å².